The molecule has 1 aromatic rings. The van der Waals surface area contributed by atoms with Crippen molar-refractivity contribution in [1.82, 2.24) is 0 Å². The number of aliphatic hydroxyl groups excluding tert-OH is 2. The SMILES string of the molecule is CCO.COc1ccc(CO)cc1OC. The van der Waals surface area contributed by atoms with Crippen molar-refractivity contribution in [3.05, 3.63) is 23.8 Å². The summed E-state index contributed by atoms with van der Waals surface area (Å²) in [7, 11) is 3.15. The van der Waals surface area contributed by atoms with Crippen LogP contribution in [0.3, 0.4) is 0 Å². The quantitative estimate of drug-likeness (QED) is 0.793. The molecule has 1 aromatic carbocycles. The normalized spacial score (nSPS) is 8.87. The van der Waals surface area contributed by atoms with Crippen LogP contribution in [0.1, 0.15) is 12.5 Å². The molecule has 0 aliphatic carbocycles. The van der Waals surface area contributed by atoms with Gasteiger partial charge in [0.2, 0.25) is 0 Å². The van der Waals surface area contributed by atoms with Crippen LogP contribution in [0.15, 0.2) is 18.2 Å². The van der Waals surface area contributed by atoms with Gasteiger partial charge < -0.3 is 19.7 Å². The van der Waals surface area contributed by atoms with E-state index in [0.717, 1.165) is 5.56 Å². The minimum atomic E-state index is 0.0142. The summed E-state index contributed by atoms with van der Waals surface area (Å²) in [6.07, 6.45) is 0. The Balaban J connectivity index is 0.000000583. The highest BCUT2D eigenvalue weighted by Gasteiger charge is 2.02. The van der Waals surface area contributed by atoms with Crippen LogP contribution < -0.4 is 9.47 Å². The molecule has 4 nitrogen and oxygen atoms in total. The first kappa shape index (κ1) is 13.7. The Morgan fingerprint density at radius 1 is 1.07 bits per heavy atom. The van der Waals surface area contributed by atoms with Gasteiger partial charge in [-0.2, -0.15) is 0 Å². The van der Waals surface area contributed by atoms with Crippen LogP contribution in [0, 0.1) is 0 Å². The second-order valence-corrected chi connectivity index (χ2v) is 2.66. The predicted molar refractivity (Wildman–Crippen MR) is 58.2 cm³/mol. The van der Waals surface area contributed by atoms with Crippen LogP contribution in [0.4, 0.5) is 0 Å². The van der Waals surface area contributed by atoms with Crippen molar-refractivity contribution >= 4 is 0 Å². The van der Waals surface area contributed by atoms with Gasteiger partial charge in [0.05, 0.1) is 20.8 Å². The van der Waals surface area contributed by atoms with Gasteiger partial charge in [0.25, 0.3) is 0 Å². The minimum Gasteiger partial charge on any atom is -0.493 e. The second kappa shape index (κ2) is 8.08. The monoisotopic (exact) mass is 214 g/mol. The molecule has 1 rings (SSSR count). The van der Waals surface area contributed by atoms with Crippen molar-refractivity contribution < 1.29 is 19.7 Å². The van der Waals surface area contributed by atoms with Gasteiger partial charge in [0.15, 0.2) is 11.5 Å². The fraction of sp³-hybridized carbons (Fsp3) is 0.455. The van der Waals surface area contributed by atoms with Gasteiger partial charge in [-0.1, -0.05) is 6.07 Å². The van der Waals surface area contributed by atoms with Crippen LogP contribution in [-0.2, 0) is 6.61 Å². The van der Waals surface area contributed by atoms with Gasteiger partial charge in [-0.05, 0) is 24.6 Å². The van der Waals surface area contributed by atoms with E-state index in [1.165, 1.54) is 0 Å². The maximum Gasteiger partial charge on any atom is 0.161 e. The summed E-state index contributed by atoms with van der Waals surface area (Å²) in [4.78, 5) is 0. The van der Waals surface area contributed by atoms with E-state index in [9.17, 15) is 0 Å². The van der Waals surface area contributed by atoms with Crippen molar-refractivity contribution in [2.75, 3.05) is 20.8 Å². The van der Waals surface area contributed by atoms with E-state index in [4.69, 9.17) is 19.7 Å². The van der Waals surface area contributed by atoms with E-state index in [2.05, 4.69) is 0 Å². The zero-order valence-electron chi connectivity index (χ0n) is 9.36. The molecular formula is C11H18O4. The average molecular weight is 214 g/mol. The summed E-state index contributed by atoms with van der Waals surface area (Å²) >= 11 is 0. The Bertz CT molecular complexity index is 273. The molecule has 0 fully saturated rings. The molecule has 0 atom stereocenters. The molecule has 86 valence electrons. The van der Waals surface area contributed by atoms with Gasteiger partial charge in [-0.15, -0.1) is 0 Å². The number of methoxy groups -OCH3 is 2. The number of benzene rings is 1. The molecule has 0 amide bonds. The first-order chi connectivity index (χ1) is 7.23. The average Bonchev–Trinajstić information content (AvgIpc) is 2.29. The lowest BCUT2D eigenvalue weighted by Gasteiger charge is -2.07. The number of aliphatic hydroxyl groups is 2. The third-order valence-corrected chi connectivity index (χ3v) is 1.63. The molecule has 0 saturated heterocycles. The van der Waals surface area contributed by atoms with Crippen molar-refractivity contribution in [3.63, 3.8) is 0 Å². The predicted octanol–water partition coefficient (Wildman–Crippen LogP) is 1.19. The van der Waals surface area contributed by atoms with Gasteiger partial charge in [-0.3, -0.25) is 0 Å². The Labute approximate surface area is 90.1 Å². The third kappa shape index (κ3) is 4.67. The topological polar surface area (TPSA) is 58.9 Å². The highest BCUT2D eigenvalue weighted by molar-refractivity contribution is 5.42. The minimum absolute atomic E-state index is 0.0142. The Hall–Kier alpha value is -1.26. The Morgan fingerprint density at radius 2 is 1.60 bits per heavy atom. The molecule has 0 saturated carbocycles. The summed E-state index contributed by atoms with van der Waals surface area (Å²) in [5.41, 5.74) is 0.813. The summed E-state index contributed by atoms with van der Waals surface area (Å²) in [5.74, 6) is 1.32. The molecule has 0 aliphatic rings. The van der Waals surface area contributed by atoms with E-state index in [0.29, 0.717) is 11.5 Å². The smallest absolute Gasteiger partial charge is 0.161 e. The zero-order chi connectivity index (χ0) is 11.7. The number of rotatable bonds is 3. The van der Waals surface area contributed by atoms with E-state index in [1.807, 2.05) is 0 Å². The van der Waals surface area contributed by atoms with Crippen molar-refractivity contribution in [2.24, 2.45) is 0 Å². The molecule has 0 unspecified atom stereocenters. The van der Waals surface area contributed by atoms with E-state index in [-0.39, 0.29) is 13.2 Å². The highest BCUT2D eigenvalue weighted by atomic mass is 16.5. The van der Waals surface area contributed by atoms with Crippen molar-refractivity contribution in [1.29, 1.82) is 0 Å². The first-order valence-corrected chi connectivity index (χ1v) is 4.66. The number of hydrogen-bond donors (Lipinski definition) is 2. The molecule has 2 N–H and O–H groups in total. The molecule has 0 aromatic heterocycles. The van der Waals surface area contributed by atoms with E-state index in [1.54, 1.807) is 39.3 Å². The number of ether oxygens (including phenoxy) is 2. The van der Waals surface area contributed by atoms with Crippen LogP contribution in [0.25, 0.3) is 0 Å². The molecule has 0 aliphatic heterocycles. The lowest BCUT2D eigenvalue weighted by Crippen LogP contribution is -1.92. The molecule has 0 bridgehead atoms. The molecule has 0 radical (unpaired) electrons. The molecular weight excluding hydrogens is 196 g/mol. The second-order valence-electron chi connectivity index (χ2n) is 2.66. The maximum atomic E-state index is 8.82. The van der Waals surface area contributed by atoms with Crippen molar-refractivity contribution in [3.8, 4) is 11.5 Å². The molecule has 4 heteroatoms. The van der Waals surface area contributed by atoms with Gasteiger partial charge in [0.1, 0.15) is 0 Å². The Kier molecular flexibility index (Phi) is 7.40. The first-order valence-electron chi connectivity index (χ1n) is 4.66. The largest absolute Gasteiger partial charge is 0.493 e. The van der Waals surface area contributed by atoms with E-state index < -0.39 is 0 Å². The number of hydrogen-bond acceptors (Lipinski definition) is 4. The van der Waals surface area contributed by atoms with Crippen LogP contribution in [0.2, 0.25) is 0 Å². The zero-order valence-corrected chi connectivity index (χ0v) is 9.36. The Morgan fingerprint density at radius 3 is 2.00 bits per heavy atom. The van der Waals surface area contributed by atoms with Crippen LogP contribution in [0.5, 0.6) is 11.5 Å². The van der Waals surface area contributed by atoms with E-state index >= 15 is 0 Å². The van der Waals surface area contributed by atoms with Crippen LogP contribution >= 0.6 is 0 Å². The summed E-state index contributed by atoms with van der Waals surface area (Å²) in [5, 5.41) is 16.4. The van der Waals surface area contributed by atoms with Crippen molar-refractivity contribution in [2.45, 2.75) is 13.5 Å². The summed E-state index contributed by atoms with van der Waals surface area (Å²) < 4.78 is 10.1. The van der Waals surface area contributed by atoms with Gasteiger partial charge in [-0.25, -0.2) is 0 Å². The lowest BCUT2D eigenvalue weighted by atomic mass is 10.2. The van der Waals surface area contributed by atoms with Gasteiger partial charge in [0, 0.05) is 6.61 Å². The fourth-order valence-electron chi connectivity index (χ4n) is 0.979. The molecule has 0 spiro atoms. The fourth-order valence-corrected chi connectivity index (χ4v) is 0.979. The summed E-state index contributed by atoms with van der Waals surface area (Å²) in [6.45, 7) is 1.94. The standard InChI is InChI=1S/C9H12O3.C2H6O/c1-11-8-4-3-7(6-10)5-9(8)12-2;1-2-3/h3-5,10H,6H2,1-2H3;3H,2H2,1H3. The molecule has 0 heterocycles. The van der Waals surface area contributed by atoms with Crippen LogP contribution in [-0.4, -0.2) is 31.0 Å². The summed E-state index contributed by atoms with van der Waals surface area (Å²) in [6, 6.07) is 5.31. The molecule has 15 heavy (non-hydrogen) atoms. The maximum absolute atomic E-state index is 8.82. The highest BCUT2D eigenvalue weighted by Crippen LogP contribution is 2.27. The van der Waals surface area contributed by atoms with Gasteiger partial charge >= 0.3 is 0 Å². The third-order valence-electron chi connectivity index (χ3n) is 1.63. The lowest BCUT2D eigenvalue weighted by molar-refractivity contribution is 0.280.